The lowest BCUT2D eigenvalue weighted by molar-refractivity contribution is -0.139. The number of phenols is 3. The third kappa shape index (κ3) is 5.36. The number of carbonyl (C=O) groups is 3. The van der Waals surface area contributed by atoms with E-state index in [1.165, 1.54) is 54.6 Å². The van der Waals surface area contributed by atoms with Crippen LogP contribution in [0.25, 0.3) is 12.2 Å². The van der Waals surface area contributed by atoms with Gasteiger partial charge in [0.1, 0.15) is 17.5 Å². The third-order valence-corrected chi connectivity index (χ3v) is 5.49. The highest BCUT2D eigenvalue weighted by molar-refractivity contribution is 6.09. The molecular weight excluding hydrogens is 466 g/mol. The van der Waals surface area contributed by atoms with Crippen molar-refractivity contribution in [2.45, 2.75) is 12.5 Å². The average Bonchev–Trinajstić information content (AvgIpc) is 3.22. The Balaban J connectivity index is 1.57. The first-order valence-corrected chi connectivity index (χ1v) is 10.8. The van der Waals surface area contributed by atoms with Gasteiger partial charge in [0.15, 0.2) is 11.5 Å². The van der Waals surface area contributed by atoms with Crippen molar-refractivity contribution in [1.82, 2.24) is 0 Å². The largest absolute Gasteiger partial charge is 0.508 e. The Hall–Kier alpha value is -5.05. The number of nitrogens with zero attached hydrogens (tertiary/aromatic N) is 1. The maximum Gasteiger partial charge on any atom is 0.336 e. The van der Waals surface area contributed by atoms with Crippen LogP contribution in [-0.4, -0.2) is 44.3 Å². The Kier molecular flexibility index (Phi) is 6.73. The van der Waals surface area contributed by atoms with Crippen LogP contribution >= 0.6 is 0 Å². The van der Waals surface area contributed by atoms with Crippen LogP contribution < -0.4 is 9.64 Å². The number of carboxylic acids is 1. The summed E-state index contributed by atoms with van der Waals surface area (Å²) in [5.74, 6) is -3.13. The van der Waals surface area contributed by atoms with Crippen molar-refractivity contribution >= 4 is 35.7 Å². The number of esters is 1. The van der Waals surface area contributed by atoms with Crippen LogP contribution in [0.1, 0.15) is 16.7 Å². The fourth-order valence-electron chi connectivity index (χ4n) is 3.73. The van der Waals surface area contributed by atoms with Gasteiger partial charge in [0.05, 0.1) is 5.69 Å². The molecule has 9 nitrogen and oxygen atoms in total. The van der Waals surface area contributed by atoms with Crippen molar-refractivity contribution in [3.8, 4) is 23.0 Å². The monoisotopic (exact) mass is 487 g/mol. The first kappa shape index (κ1) is 24.1. The molecule has 4 rings (SSSR count). The number of hydrogen-bond donors (Lipinski definition) is 4. The SMILES string of the molecule is O=C(/C=C\c1ccc(O)cc1)Oc1cc2c(cc1O)C[C@@H](C(=O)O)N2C(=O)/C=C/c1ccc(O)cc1. The fourth-order valence-corrected chi connectivity index (χ4v) is 3.73. The second kappa shape index (κ2) is 10.1. The van der Waals surface area contributed by atoms with Gasteiger partial charge in [-0.2, -0.15) is 0 Å². The van der Waals surface area contributed by atoms with E-state index in [1.54, 1.807) is 24.3 Å². The topological polar surface area (TPSA) is 145 Å². The molecule has 0 saturated carbocycles. The summed E-state index contributed by atoms with van der Waals surface area (Å²) in [7, 11) is 0. The van der Waals surface area contributed by atoms with Crippen LogP contribution in [0.5, 0.6) is 23.0 Å². The van der Waals surface area contributed by atoms with E-state index < -0.39 is 23.9 Å². The van der Waals surface area contributed by atoms with Gasteiger partial charge >= 0.3 is 11.9 Å². The highest BCUT2D eigenvalue weighted by Gasteiger charge is 2.38. The van der Waals surface area contributed by atoms with Crippen molar-refractivity contribution in [3.05, 3.63) is 89.5 Å². The number of hydrogen-bond acceptors (Lipinski definition) is 7. The molecule has 3 aromatic carbocycles. The van der Waals surface area contributed by atoms with E-state index in [0.717, 1.165) is 11.0 Å². The summed E-state index contributed by atoms with van der Waals surface area (Å²) < 4.78 is 5.23. The van der Waals surface area contributed by atoms with Crippen molar-refractivity contribution < 1.29 is 39.5 Å². The number of benzene rings is 3. The van der Waals surface area contributed by atoms with E-state index in [-0.39, 0.29) is 35.1 Å². The molecule has 36 heavy (non-hydrogen) atoms. The summed E-state index contributed by atoms with van der Waals surface area (Å²) in [6.07, 6.45) is 5.23. The molecule has 0 aliphatic carbocycles. The molecule has 9 heteroatoms. The predicted octanol–water partition coefficient (Wildman–Crippen LogP) is 3.48. The first-order valence-electron chi connectivity index (χ1n) is 10.8. The van der Waals surface area contributed by atoms with E-state index in [2.05, 4.69) is 0 Å². The van der Waals surface area contributed by atoms with Gasteiger partial charge in [0.2, 0.25) is 0 Å². The van der Waals surface area contributed by atoms with Crippen molar-refractivity contribution in [1.29, 1.82) is 0 Å². The molecule has 0 fully saturated rings. The van der Waals surface area contributed by atoms with E-state index in [0.29, 0.717) is 16.7 Å². The molecule has 182 valence electrons. The first-order chi connectivity index (χ1) is 17.2. The molecule has 0 bridgehead atoms. The standard InChI is InChI=1S/C27H21NO8/c29-19-7-1-16(2-8-19)5-11-25(32)28-21-15-24(23(31)14-18(21)13-22(28)27(34)35)36-26(33)12-6-17-3-9-20(30)10-4-17/h1-12,14-15,22,29-31H,13H2,(H,34,35)/b11-5+,12-6-/t22-/m0/s1. The molecule has 0 unspecified atom stereocenters. The molecule has 1 aliphatic rings. The minimum Gasteiger partial charge on any atom is -0.508 e. The maximum absolute atomic E-state index is 13.0. The van der Waals surface area contributed by atoms with Crippen molar-refractivity contribution in [3.63, 3.8) is 0 Å². The average molecular weight is 487 g/mol. The Morgan fingerprint density at radius 3 is 1.94 bits per heavy atom. The quantitative estimate of drug-likeness (QED) is 0.235. The summed E-state index contributed by atoms with van der Waals surface area (Å²) >= 11 is 0. The number of phenolic OH excluding ortho intramolecular Hbond substituents is 3. The summed E-state index contributed by atoms with van der Waals surface area (Å²) in [6, 6.07) is 13.5. The lowest BCUT2D eigenvalue weighted by Crippen LogP contribution is -2.42. The summed E-state index contributed by atoms with van der Waals surface area (Å²) in [5, 5.41) is 38.8. The number of anilines is 1. The van der Waals surface area contributed by atoms with E-state index >= 15 is 0 Å². The lowest BCUT2D eigenvalue weighted by atomic mass is 10.1. The summed E-state index contributed by atoms with van der Waals surface area (Å²) in [6.45, 7) is 0. The number of fused-ring (bicyclic) bond motifs is 1. The highest BCUT2D eigenvalue weighted by atomic mass is 16.5. The van der Waals surface area contributed by atoms with Crippen LogP contribution in [0.15, 0.2) is 72.8 Å². The minimum absolute atomic E-state index is 0.0357. The van der Waals surface area contributed by atoms with Gasteiger partial charge in [-0.3, -0.25) is 9.69 Å². The van der Waals surface area contributed by atoms with Crippen molar-refractivity contribution in [2.75, 3.05) is 4.90 Å². The number of aliphatic carboxylic acids is 1. The number of aromatic hydroxyl groups is 3. The van der Waals surface area contributed by atoms with E-state index in [9.17, 15) is 34.8 Å². The minimum atomic E-state index is -1.23. The summed E-state index contributed by atoms with van der Waals surface area (Å²) in [5.41, 5.74) is 1.86. The van der Waals surface area contributed by atoms with Crippen LogP contribution in [-0.2, 0) is 20.8 Å². The molecule has 4 N–H and O–H groups in total. The summed E-state index contributed by atoms with van der Waals surface area (Å²) in [4.78, 5) is 38.2. The predicted molar refractivity (Wildman–Crippen MR) is 131 cm³/mol. The Morgan fingerprint density at radius 1 is 0.833 bits per heavy atom. The Labute approximate surface area is 205 Å². The van der Waals surface area contributed by atoms with Crippen LogP contribution in [0, 0.1) is 0 Å². The van der Waals surface area contributed by atoms with Gasteiger partial charge in [-0.05, 0) is 59.2 Å². The Bertz CT molecular complexity index is 1370. The number of amides is 1. The zero-order valence-corrected chi connectivity index (χ0v) is 18.7. The molecule has 1 amide bonds. The zero-order chi connectivity index (χ0) is 25.8. The fraction of sp³-hybridized carbons (Fsp3) is 0.0741. The molecule has 3 aromatic rings. The van der Waals surface area contributed by atoms with E-state index in [1.807, 2.05) is 0 Å². The molecule has 0 aromatic heterocycles. The normalized spacial score (nSPS) is 14.8. The van der Waals surface area contributed by atoms with Gasteiger partial charge < -0.3 is 25.2 Å². The number of carbonyl (C=O) groups excluding carboxylic acids is 2. The van der Waals surface area contributed by atoms with E-state index in [4.69, 9.17) is 4.74 Å². The molecule has 0 radical (unpaired) electrons. The number of rotatable bonds is 6. The Morgan fingerprint density at radius 2 is 1.39 bits per heavy atom. The highest BCUT2D eigenvalue weighted by Crippen LogP contribution is 2.41. The van der Waals surface area contributed by atoms with Gasteiger partial charge in [-0.15, -0.1) is 0 Å². The molecule has 1 heterocycles. The zero-order valence-electron chi connectivity index (χ0n) is 18.7. The molecule has 0 saturated heterocycles. The van der Waals surface area contributed by atoms with Gasteiger partial charge in [0.25, 0.3) is 5.91 Å². The van der Waals surface area contributed by atoms with Gasteiger partial charge in [-0.25, -0.2) is 9.59 Å². The van der Waals surface area contributed by atoms with Gasteiger partial charge in [-0.1, -0.05) is 24.3 Å². The van der Waals surface area contributed by atoms with Crippen molar-refractivity contribution in [2.24, 2.45) is 0 Å². The maximum atomic E-state index is 13.0. The molecule has 1 atom stereocenters. The third-order valence-electron chi connectivity index (χ3n) is 5.49. The lowest BCUT2D eigenvalue weighted by Gasteiger charge is -2.21. The number of carboxylic acid groups (broad SMARTS) is 1. The molecule has 0 spiro atoms. The molecular formula is C27H21NO8. The number of ether oxygens (including phenoxy) is 1. The molecule has 1 aliphatic heterocycles. The van der Waals surface area contributed by atoms with Crippen LogP contribution in [0.2, 0.25) is 0 Å². The van der Waals surface area contributed by atoms with Crippen LogP contribution in [0.4, 0.5) is 5.69 Å². The smallest absolute Gasteiger partial charge is 0.336 e. The second-order valence-corrected chi connectivity index (χ2v) is 7.99. The van der Waals surface area contributed by atoms with Gasteiger partial charge in [0, 0.05) is 24.6 Å². The second-order valence-electron chi connectivity index (χ2n) is 7.99. The van der Waals surface area contributed by atoms with Crippen LogP contribution in [0.3, 0.4) is 0 Å².